The summed E-state index contributed by atoms with van der Waals surface area (Å²) < 4.78 is 4.81. The Morgan fingerprint density at radius 2 is 2.25 bits per heavy atom. The molecule has 0 aliphatic carbocycles. The van der Waals surface area contributed by atoms with E-state index >= 15 is 0 Å². The van der Waals surface area contributed by atoms with Gasteiger partial charge in [0.1, 0.15) is 0 Å². The van der Waals surface area contributed by atoms with E-state index in [0.717, 1.165) is 12.8 Å². The maximum atomic E-state index is 10.5. The van der Waals surface area contributed by atoms with Crippen LogP contribution in [0.4, 0.5) is 0 Å². The molecule has 0 rings (SSSR count). The van der Waals surface area contributed by atoms with E-state index in [1.165, 1.54) is 6.08 Å². The van der Waals surface area contributed by atoms with Gasteiger partial charge in [0.25, 0.3) is 0 Å². The molecule has 0 aromatic heterocycles. The van der Waals surface area contributed by atoms with Crippen molar-refractivity contribution in [3.8, 4) is 0 Å². The Morgan fingerprint density at radius 1 is 1.67 bits per heavy atom. The van der Waals surface area contributed by atoms with Crippen molar-refractivity contribution in [2.75, 3.05) is 6.61 Å². The maximum Gasteiger partial charge on any atom is 0.330 e. The van der Waals surface area contributed by atoms with Crippen molar-refractivity contribution in [3.05, 3.63) is 12.7 Å². The van der Waals surface area contributed by atoms with Gasteiger partial charge in [-0.15, -0.1) is 0 Å². The smallest absolute Gasteiger partial charge is 0.330 e. The molecule has 0 heterocycles. The van der Waals surface area contributed by atoms with E-state index in [2.05, 4.69) is 20.4 Å². The van der Waals surface area contributed by atoms with Crippen molar-refractivity contribution < 1.29 is 9.53 Å². The second-order valence-electron chi connectivity index (χ2n) is 2.67. The average molecular weight is 173 g/mol. The monoisotopic (exact) mass is 173 g/mol. The molecule has 0 fully saturated rings. The summed E-state index contributed by atoms with van der Waals surface area (Å²) in [5, 5.41) is 0. The average Bonchev–Trinajstić information content (AvgIpc) is 2.04. The van der Waals surface area contributed by atoms with Crippen LogP contribution in [0.5, 0.6) is 0 Å². The summed E-state index contributed by atoms with van der Waals surface area (Å²) in [6.45, 7) is 8.08. The van der Waals surface area contributed by atoms with Crippen molar-refractivity contribution >= 4 is 5.97 Å². The number of rotatable bonds is 5. The molecule has 1 atom stereocenters. The van der Waals surface area contributed by atoms with Crippen LogP contribution in [-0.4, -0.2) is 12.6 Å². The summed E-state index contributed by atoms with van der Waals surface area (Å²) >= 11 is 0. The summed E-state index contributed by atoms with van der Waals surface area (Å²) in [7, 11) is 0. The highest BCUT2D eigenvalue weighted by atomic mass is 16.5. The van der Waals surface area contributed by atoms with E-state index in [1.807, 2.05) is 0 Å². The van der Waals surface area contributed by atoms with Gasteiger partial charge < -0.3 is 10.9 Å². The second kappa shape index (κ2) is 8.27. The predicted molar refractivity (Wildman–Crippen MR) is 50.3 cm³/mol. The molecule has 0 saturated heterocycles. The Labute approximate surface area is 74.4 Å². The van der Waals surface area contributed by atoms with Crippen LogP contribution < -0.4 is 6.15 Å². The third-order valence-corrected chi connectivity index (χ3v) is 1.72. The second-order valence-corrected chi connectivity index (χ2v) is 2.67. The Morgan fingerprint density at radius 3 is 2.67 bits per heavy atom. The van der Waals surface area contributed by atoms with Gasteiger partial charge in [-0.1, -0.05) is 26.8 Å². The zero-order chi connectivity index (χ0) is 8.69. The summed E-state index contributed by atoms with van der Waals surface area (Å²) in [6, 6.07) is 0. The van der Waals surface area contributed by atoms with E-state index in [9.17, 15) is 4.79 Å². The summed E-state index contributed by atoms with van der Waals surface area (Å²) in [6.07, 6.45) is 3.26. The highest BCUT2D eigenvalue weighted by Gasteiger charge is 1.99. The van der Waals surface area contributed by atoms with Gasteiger partial charge in [-0.3, -0.25) is 0 Å². The molecule has 3 heteroatoms. The van der Waals surface area contributed by atoms with Crippen LogP contribution in [-0.2, 0) is 9.53 Å². The fourth-order valence-corrected chi connectivity index (χ4v) is 0.624. The predicted octanol–water partition coefficient (Wildman–Crippen LogP) is 2.31. The number of esters is 1. The van der Waals surface area contributed by atoms with E-state index in [4.69, 9.17) is 4.74 Å². The van der Waals surface area contributed by atoms with Crippen LogP contribution in [0.3, 0.4) is 0 Å². The van der Waals surface area contributed by atoms with Crippen molar-refractivity contribution in [1.82, 2.24) is 6.15 Å². The Hall–Kier alpha value is -0.830. The van der Waals surface area contributed by atoms with Crippen LogP contribution in [0.2, 0.25) is 0 Å². The number of carbonyl (C=O) groups is 1. The molecule has 1 unspecified atom stereocenters. The summed E-state index contributed by atoms with van der Waals surface area (Å²) in [4.78, 5) is 10.5. The van der Waals surface area contributed by atoms with Crippen LogP contribution in [0, 0.1) is 5.92 Å². The number of hydrogen-bond acceptors (Lipinski definition) is 3. The molecule has 0 aliphatic heterocycles. The van der Waals surface area contributed by atoms with Gasteiger partial charge in [0.2, 0.25) is 0 Å². The molecule has 0 aromatic rings. The van der Waals surface area contributed by atoms with Crippen molar-refractivity contribution in [1.29, 1.82) is 0 Å². The van der Waals surface area contributed by atoms with Crippen LogP contribution >= 0.6 is 0 Å². The zero-order valence-corrected chi connectivity index (χ0v) is 8.01. The molecule has 72 valence electrons. The maximum absolute atomic E-state index is 10.5. The lowest BCUT2D eigenvalue weighted by molar-refractivity contribution is -0.138. The van der Waals surface area contributed by atoms with E-state index < -0.39 is 0 Å². The zero-order valence-electron chi connectivity index (χ0n) is 8.01. The first-order chi connectivity index (χ1) is 5.20. The number of ether oxygens (including phenoxy) is 1. The molecular formula is C9H19NO2. The fourth-order valence-electron chi connectivity index (χ4n) is 0.624. The number of hydrogen-bond donors (Lipinski definition) is 1. The summed E-state index contributed by atoms with van der Waals surface area (Å²) in [5.74, 6) is 0.306. The minimum absolute atomic E-state index is 0. The molecular weight excluding hydrogens is 154 g/mol. The van der Waals surface area contributed by atoms with Crippen LogP contribution in [0.25, 0.3) is 0 Å². The number of carbonyl (C=O) groups excluding carboxylic acids is 1. The normalized spacial score (nSPS) is 11.2. The first-order valence-corrected chi connectivity index (χ1v) is 3.99. The Bertz CT molecular complexity index is 134. The minimum Gasteiger partial charge on any atom is -0.463 e. The lowest BCUT2D eigenvalue weighted by Crippen LogP contribution is -2.05. The lowest BCUT2D eigenvalue weighted by Gasteiger charge is -2.06. The Kier molecular flexibility index (Phi) is 9.47. The van der Waals surface area contributed by atoms with Gasteiger partial charge in [-0.25, -0.2) is 4.79 Å². The van der Waals surface area contributed by atoms with Gasteiger partial charge in [0.15, 0.2) is 0 Å². The van der Waals surface area contributed by atoms with E-state index in [-0.39, 0.29) is 12.1 Å². The minimum atomic E-state index is -0.326. The molecule has 12 heavy (non-hydrogen) atoms. The molecule has 0 amide bonds. The standard InChI is InChI=1S/C9H16O2.H3N/c1-4-8(3)6-7-11-9(10)5-2;/h5,8H,2,4,6-7H2,1,3H3;1H3. The van der Waals surface area contributed by atoms with Crippen molar-refractivity contribution in [2.45, 2.75) is 26.7 Å². The topological polar surface area (TPSA) is 61.3 Å². The molecule has 3 N–H and O–H groups in total. The van der Waals surface area contributed by atoms with Crippen molar-refractivity contribution in [3.63, 3.8) is 0 Å². The molecule has 0 aromatic carbocycles. The molecule has 0 spiro atoms. The molecule has 3 nitrogen and oxygen atoms in total. The molecule has 0 bridgehead atoms. The molecule has 0 aliphatic rings. The van der Waals surface area contributed by atoms with Crippen molar-refractivity contribution in [2.24, 2.45) is 5.92 Å². The quantitative estimate of drug-likeness (QED) is 0.512. The van der Waals surface area contributed by atoms with E-state index in [0.29, 0.717) is 12.5 Å². The Balaban J connectivity index is 0. The van der Waals surface area contributed by atoms with E-state index in [1.54, 1.807) is 0 Å². The van der Waals surface area contributed by atoms with Gasteiger partial charge in [0.05, 0.1) is 6.61 Å². The van der Waals surface area contributed by atoms with Crippen LogP contribution in [0.1, 0.15) is 26.7 Å². The third kappa shape index (κ3) is 7.28. The van der Waals surface area contributed by atoms with Gasteiger partial charge >= 0.3 is 5.97 Å². The first kappa shape index (κ1) is 13.7. The fraction of sp³-hybridized carbons (Fsp3) is 0.667. The van der Waals surface area contributed by atoms with Crippen LogP contribution in [0.15, 0.2) is 12.7 Å². The van der Waals surface area contributed by atoms with Gasteiger partial charge in [-0.05, 0) is 12.3 Å². The van der Waals surface area contributed by atoms with Gasteiger partial charge in [-0.2, -0.15) is 0 Å². The SMILES string of the molecule is C=CC(=O)OCCC(C)CC.N. The summed E-state index contributed by atoms with van der Waals surface area (Å²) in [5.41, 5.74) is 0. The highest BCUT2D eigenvalue weighted by Crippen LogP contribution is 2.05. The lowest BCUT2D eigenvalue weighted by atomic mass is 10.1. The van der Waals surface area contributed by atoms with Gasteiger partial charge in [0, 0.05) is 6.08 Å². The largest absolute Gasteiger partial charge is 0.463 e. The third-order valence-electron chi connectivity index (χ3n) is 1.72. The molecule has 0 saturated carbocycles. The molecule has 0 radical (unpaired) electrons. The first-order valence-electron chi connectivity index (χ1n) is 3.99. The highest BCUT2D eigenvalue weighted by molar-refractivity contribution is 5.81.